The van der Waals surface area contributed by atoms with E-state index in [4.69, 9.17) is 20.9 Å². The van der Waals surface area contributed by atoms with Crippen LogP contribution in [0.25, 0.3) is 0 Å². The summed E-state index contributed by atoms with van der Waals surface area (Å²) < 4.78 is 12.3. The van der Waals surface area contributed by atoms with Gasteiger partial charge in [0.25, 0.3) is 0 Å². The average molecular weight is 1390 g/mol. The molecule has 0 spiro atoms. The maximum absolute atomic E-state index is 14.7. The SMILES string of the molecule is CCCCCC(C)C(C(=O)N[C@H](C(=O)N(C)[C@@H]([C@@H](C)CC)[C@@H](CC(=O)N1CCC[C@H]1[C@H](OC)[C@@H](C)C(=O)N[C@@H](Cc1ccccc1)C(=O)NCc1ccc(NC(=O)[C@H](CCCNC(N)=O)NC(=O)C(NC(=O)CCC(=O)N2CCC(C(N)=O)C(C)C2)C(C)C)cc1)OC)C(C)C)N(C)C. The average Bonchev–Trinajstić information content (AvgIpc) is 1.80. The fraction of sp³-hybridized carbons (Fsp3) is 0.685. The summed E-state index contributed by atoms with van der Waals surface area (Å²) in [6, 6.07) is 9.57. The summed E-state index contributed by atoms with van der Waals surface area (Å²) >= 11 is 0. The number of methoxy groups -OCH3 is 2. The van der Waals surface area contributed by atoms with Crippen molar-refractivity contribution in [3.63, 3.8) is 0 Å². The molecular weight excluding hydrogens is 1270 g/mol. The quantitative estimate of drug-likeness (QED) is 0.0396. The molecule has 2 saturated heterocycles. The van der Waals surface area contributed by atoms with Crippen molar-refractivity contribution in [1.29, 1.82) is 0 Å². The summed E-state index contributed by atoms with van der Waals surface area (Å²) in [6.07, 6.45) is 4.94. The Morgan fingerprint density at radius 2 is 1.30 bits per heavy atom. The maximum atomic E-state index is 14.7. The van der Waals surface area contributed by atoms with E-state index in [2.05, 4.69) is 51.1 Å². The summed E-state index contributed by atoms with van der Waals surface area (Å²) in [5.74, 6) is -6.07. The van der Waals surface area contributed by atoms with Gasteiger partial charge in [-0.2, -0.15) is 0 Å². The van der Waals surface area contributed by atoms with Crippen molar-refractivity contribution in [2.24, 2.45) is 52.9 Å². The molecule has 26 nitrogen and oxygen atoms in total. The zero-order chi connectivity index (χ0) is 73.8. The zero-order valence-electron chi connectivity index (χ0n) is 61.6. The van der Waals surface area contributed by atoms with Gasteiger partial charge in [-0.1, -0.05) is 137 Å². The van der Waals surface area contributed by atoms with E-state index in [1.54, 1.807) is 66.8 Å². The maximum Gasteiger partial charge on any atom is 0.312 e. The van der Waals surface area contributed by atoms with Crippen LogP contribution in [0.4, 0.5) is 10.5 Å². The Hall–Kier alpha value is -7.71. The van der Waals surface area contributed by atoms with Crippen LogP contribution in [-0.4, -0.2) is 201 Å². The molecule has 2 aromatic carbocycles. The van der Waals surface area contributed by atoms with Crippen molar-refractivity contribution >= 4 is 70.8 Å². The number of primary amides is 2. The number of amides is 12. The van der Waals surface area contributed by atoms with Gasteiger partial charge in [0.2, 0.25) is 59.1 Å². The summed E-state index contributed by atoms with van der Waals surface area (Å²) in [7, 11) is 8.53. The number of likely N-dealkylation sites (N-methyl/N-ethyl adjacent to an activating group) is 2. The van der Waals surface area contributed by atoms with Gasteiger partial charge in [-0.05, 0) is 105 Å². The van der Waals surface area contributed by atoms with Crippen molar-refractivity contribution < 1.29 is 62.2 Å². The molecule has 0 aromatic heterocycles. The van der Waals surface area contributed by atoms with Crippen molar-refractivity contribution in [3.05, 3.63) is 65.7 Å². The highest BCUT2D eigenvalue weighted by atomic mass is 16.5. The molecular formula is C73H119N13O13. The fourth-order valence-corrected chi connectivity index (χ4v) is 13.8. The number of urea groups is 1. The van der Waals surface area contributed by atoms with E-state index in [9.17, 15) is 52.7 Å². The summed E-state index contributed by atoms with van der Waals surface area (Å²) in [5, 5.41) is 19.9. The number of nitrogens with zero attached hydrogens (tertiary/aromatic N) is 4. The Morgan fingerprint density at radius 3 is 1.88 bits per heavy atom. The number of unbranched alkanes of at least 4 members (excludes halogenated alkanes) is 2. The molecule has 2 aliphatic rings. The molecule has 0 radical (unpaired) electrons. The molecule has 2 aliphatic heterocycles. The molecule has 12 amide bonds. The molecule has 2 fully saturated rings. The lowest BCUT2D eigenvalue weighted by atomic mass is 9.86. The van der Waals surface area contributed by atoms with E-state index in [-0.39, 0.29) is 105 Å². The number of anilines is 1. The van der Waals surface area contributed by atoms with Gasteiger partial charge in [0.15, 0.2) is 0 Å². The smallest absolute Gasteiger partial charge is 0.312 e. The molecule has 0 saturated carbocycles. The number of likely N-dealkylation sites (tertiary alicyclic amines) is 2. The topological polar surface area (TPSA) is 355 Å². The van der Waals surface area contributed by atoms with Gasteiger partial charge in [0.05, 0.1) is 42.7 Å². The molecule has 2 heterocycles. The minimum Gasteiger partial charge on any atom is -0.379 e. The molecule has 0 bridgehead atoms. The molecule has 2 aromatic rings. The molecule has 0 aliphatic carbocycles. The molecule has 4 rings (SSSR count). The van der Waals surface area contributed by atoms with Gasteiger partial charge in [-0.15, -0.1) is 0 Å². The summed E-state index contributed by atoms with van der Waals surface area (Å²) in [6.45, 7) is 20.4. The van der Waals surface area contributed by atoms with Crippen molar-refractivity contribution in [3.8, 4) is 0 Å². The molecule has 26 heteroatoms. The first-order valence-corrected chi connectivity index (χ1v) is 35.7. The minimum absolute atomic E-state index is 0.0371. The van der Waals surface area contributed by atoms with E-state index in [0.29, 0.717) is 56.6 Å². The Kier molecular flexibility index (Phi) is 35.3. The van der Waals surface area contributed by atoms with Crippen LogP contribution in [0.15, 0.2) is 54.6 Å². The number of benzene rings is 2. The summed E-state index contributed by atoms with van der Waals surface area (Å²) in [5.41, 5.74) is 12.6. The predicted molar refractivity (Wildman–Crippen MR) is 380 cm³/mol. The third-order valence-corrected chi connectivity index (χ3v) is 19.8. The first-order valence-electron chi connectivity index (χ1n) is 35.7. The first-order chi connectivity index (χ1) is 46.9. The molecule has 11 N–H and O–H groups in total. The second kappa shape index (κ2) is 41.8. The van der Waals surface area contributed by atoms with E-state index in [1.807, 2.05) is 83.9 Å². The lowest BCUT2D eigenvalue weighted by molar-refractivity contribution is -0.148. The Morgan fingerprint density at radius 1 is 0.646 bits per heavy atom. The van der Waals surface area contributed by atoms with Crippen molar-refractivity contribution in [1.82, 2.24) is 51.5 Å². The van der Waals surface area contributed by atoms with E-state index in [0.717, 1.165) is 31.2 Å². The Balaban J connectivity index is 1.44. The highest BCUT2D eigenvalue weighted by Crippen LogP contribution is 2.31. The molecule has 99 heavy (non-hydrogen) atoms. The summed E-state index contributed by atoms with van der Waals surface area (Å²) in [4.78, 5) is 157. The second-order valence-electron chi connectivity index (χ2n) is 28.3. The van der Waals surface area contributed by atoms with Crippen LogP contribution in [0, 0.1) is 41.4 Å². The molecule has 14 atom stereocenters. The van der Waals surface area contributed by atoms with E-state index in [1.165, 1.54) is 14.2 Å². The van der Waals surface area contributed by atoms with Crippen LogP contribution in [0.2, 0.25) is 0 Å². The third-order valence-electron chi connectivity index (χ3n) is 19.8. The predicted octanol–water partition coefficient (Wildman–Crippen LogP) is 5.00. The van der Waals surface area contributed by atoms with Gasteiger partial charge in [-0.25, -0.2) is 4.79 Å². The number of nitrogens with two attached hydrogens (primary N) is 2. The van der Waals surface area contributed by atoms with Crippen LogP contribution in [0.1, 0.15) is 164 Å². The monoisotopic (exact) mass is 1390 g/mol. The van der Waals surface area contributed by atoms with Crippen molar-refractivity contribution in [2.75, 3.05) is 66.9 Å². The fourth-order valence-electron chi connectivity index (χ4n) is 13.8. The Bertz CT molecular complexity index is 2950. The highest BCUT2D eigenvalue weighted by molar-refractivity contribution is 5.99. The molecule has 5 unspecified atom stereocenters. The first kappa shape index (κ1) is 83.7. The van der Waals surface area contributed by atoms with Gasteiger partial charge < -0.3 is 72.9 Å². The van der Waals surface area contributed by atoms with Crippen LogP contribution >= 0.6 is 0 Å². The Labute approximate surface area is 587 Å². The molecule has 554 valence electrons. The van der Waals surface area contributed by atoms with Crippen LogP contribution in [0.3, 0.4) is 0 Å². The second-order valence-corrected chi connectivity index (χ2v) is 28.3. The number of ether oxygens (including phenoxy) is 2. The largest absolute Gasteiger partial charge is 0.379 e. The normalized spacial score (nSPS) is 18.8. The third kappa shape index (κ3) is 25.8. The van der Waals surface area contributed by atoms with Gasteiger partial charge >= 0.3 is 6.03 Å². The minimum atomic E-state index is -1.13. The number of carbonyl (C=O) groups excluding carboxylic acids is 11. The lowest BCUT2D eigenvalue weighted by Gasteiger charge is -2.41. The van der Waals surface area contributed by atoms with Crippen LogP contribution in [0.5, 0.6) is 0 Å². The number of piperidine rings is 1. The van der Waals surface area contributed by atoms with Gasteiger partial charge in [0, 0.05) is 84.9 Å². The van der Waals surface area contributed by atoms with E-state index < -0.39 is 108 Å². The number of nitrogens with one attached hydrogen (secondary N) is 7. The zero-order valence-corrected chi connectivity index (χ0v) is 61.6. The number of hydrogen-bond acceptors (Lipinski definition) is 14. The van der Waals surface area contributed by atoms with Gasteiger partial charge in [0.1, 0.15) is 24.2 Å². The number of hydrogen-bond donors (Lipinski definition) is 9. The standard InChI is InChI=1S/C73H119N13O13/c1-16-18-20-25-47(8)64(83(11)12)71(95)82-62(45(5)6)72(96)84(13)63(46(7)17-2)57(98-14)41-60(89)86-38-24-29-56(86)65(99-15)49(10)67(91)80-55(40-50-26-21-19-22-27-50)68(92)77-42-51-30-32-52(33-31-51)78-69(93)54(28-23-37-76-73(75)97)79-70(94)61(44(3)4)81-58(87)34-35-59(88)85-39-36-53(66(74)90)48(9)43-85/h19,21-22,26-27,30-33,44-49,53-57,61-65H,16-18,20,23-25,28-29,34-43H2,1-15H3,(H2,74,90)(H,77,92)(H,78,93)(H,79,94)(H,80,91)(H,81,87)(H,82,95)(H3,75,76,97)/t46-,47?,48?,49+,53?,54-,55-,56-,57+,61?,62-,63-,64?,65+/m0/s1. The highest BCUT2D eigenvalue weighted by Gasteiger charge is 2.44. The van der Waals surface area contributed by atoms with Crippen LogP contribution < -0.4 is 48.7 Å². The van der Waals surface area contributed by atoms with E-state index >= 15 is 0 Å². The van der Waals surface area contributed by atoms with Crippen molar-refractivity contribution in [2.45, 2.75) is 220 Å². The number of rotatable bonds is 41. The lowest BCUT2D eigenvalue weighted by Crippen LogP contribution is -2.60. The number of carbonyl (C=O) groups is 11. The van der Waals surface area contributed by atoms with Crippen LogP contribution in [-0.2, 0) is 70.4 Å². The van der Waals surface area contributed by atoms with Gasteiger partial charge in [-0.3, -0.25) is 52.8 Å².